The lowest BCUT2D eigenvalue weighted by atomic mass is 10.1. The summed E-state index contributed by atoms with van der Waals surface area (Å²) in [5, 5.41) is 2.28. The van der Waals surface area contributed by atoms with Gasteiger partial charge in [-0.3, -0.25) is 0 Å². The highest BCUT2D eigenvalue weighted by Crippen LogP contribution is 2.41. The van der Waals surface area contributed by atoms with Gasteiger partial charge in [-0.25, -0.2) is 4.79 Å². The van der Waals surface area contributed by atoms with Gasteiger partial charge >= 0.3 is 5.97 Å². The standard InChI is InChI=1S/C12H13NO2/c1-6-9-4-7-3-8(7)5-10(9)13-11(6)12(14)15-2/h4-5,7-8,13H,3H2,1-2H3. The van der Waals surface area contributed by atoms with Gasteiger partial charge in [0.2, 0.25) is 0 Å². The van der Waals surface area contributed by atoms with E-state index in [1.165, 1.54) is 18.7 Å². The summed E-state index contributed by atoms with van der Waals surface area (Å²) in [6, 6.07) is 0. The number of aromatic nitrogens is 1. The number of rotatable bonds is 1. The van der Waals surface area contributed by atoms with E-state index in [1.807, 2.05) is 6.92 Å². The van der Waals surface area contributed by atoms with Crippen LogP contribution in [0.15, 0.2) is 0 Å². The largest absolute Gasteiger partial charge is 0.464 e. The van der Waals surface area contributed by atoms with Gasteiger partial charge in [0.1, 0.15) is 5.69 Å². The van der Waals surface area contributed by atoms with Crippen LogP contribution in [0.1, 0.15) is 22.5 Å². The fourth-order valence-corrected chi connectivity index (χ4v) is 2.33. The minimum Gasteiger partial charge on any atom is -0.464 e. The maximum Gasteiger partial charge on any atom is 0.354 e. The average Bonchev–Trinajstić information content (AvgIpc) is 2.93. The number of ether oxygens (including phenoxy) is 1. The van der Waals surface area contributed by atoms with E-state index in [-0.39, 0.29) is 5.97 Å². The van der Waals surface area contributed by atoms with Gasteiger partial charge in [-0.15, -0.1) is 0 Å². The first-order valence-corrected chi connectivity index (χ1v) is 5.21. The predicted octanol–water partition coefficient (Wildman–Crippen LogP) is 0.320. The Balaban J connectivity index is 2.23. The molecule has 0 bridgehead atoms. The normalized spacial score (nSPS) is 25.7. The number of H-pyrrole nitrogens is 1. The van der Waals surface area contributed by atoms with Crippen LogP contribution in [0.2, 0.25) is 0 Å². The van der Waals surface area contributed by atoms with E-state index < -0.39 is 0 Å². The Kier molecular flexibility index (Phi) is 1.61. The molecular formula is C12H13NO2. The molecule has 0 amide bonds. The van der Waals surface area contributed by atoms with Crippen LogP contribution in [0.3, 0.4) is 0 Å². The molecule has 2 aliphatic rings. The molecule has 78 valence electrons. The van der Waals surface area contributed by atoms with E-state index in [0.29, 0.717) is 17.5 Å². The van der Waals surface area contributed by atoms with Gasteiger partial charge in [-0.05, 0) is 36.0 Å². The summed E-state index contributed by atoms with van der Waals surface area (Å²) in [4.78, 5) is 14.6. The van der Waals surface area contributed by atoms with E-state index in [9.17, 15) is 4.79 Å². The molecule has 0 aliphatic heterocycles. The number of hydrogen-bond acceptors (Lipinski definition) is 2. The van der Waals surface area contributed by atoms with E-state index in [1.54, 1.807) is 0 Å². The third-order valence-corrected chi connectivity index (χ3v) is 3.37. The van der Waals surface area contributed by atoms with Crippen molar-refractivity contribution in [3.8, 4) is 0 Å². The first-order valence-electron chi connectivity index (χ1n) is 5.21. The van der Waals surface area contributed by atoms with Crippen molar-refractivity contribution in [1.29, 1.82) is 0 Å². The average molecular weight is 203 g/mol. The number of aromatic amines is 1. The topological polar surface area (TPSA) is 42.1 Å². The molecule has 1 saturated carbocycles. The minimum atomic E-state index is -0.280. The molecule has 1 aromatic heterocycles. The summed E-state index contributed by atoms with van der Waals surface area (Å²) < 4.78 is 4.73. The maximum atomic E-state index is 11.5. The Labute approximate surface area is 87.4 Å². The van der Waals surface area contributed by atoms with Crippen molar-refractivity contribution in [2.24, 2.45) is 11.8 Å². The van der Waals surface area contributed by atoms with Crippen molar-refractivity contribution >= 4 is 18.1 Å². The number of hydrogen-bond donors (Lipinski definition) is 1. The van der Waals surface area contributed by atoms with Crippen LogP contribution in [-0.2, 0) is 4.74 Å². The maximum absolute atomic E-state index is 11.5. The summed E-state index contributed by atoms with van der Waals surface area (Å²) in [7, 11) is 1.41. The second kappa shape index (κ2) is 2.75. The van der Waals surface area contributed by atoms with Crippen LogP contribution in [0.5, 0.6) is 0 Å². The van der Waals surface area contributed by atoms with Crippen LogP contribution in [-0.4, -0.2) is 18.1 Å². The molecule has 3 rings (SSSR count). The third kappa shape index (κ3) is 1.16. The SMILES string of the molecule is COC(=O)c1[nH]c2c(c1C)=CC1CC1C=2. The highest BCUT2D eigenvalue weighted by atomic mass is 16.5. The zero-order chi connectivity index (χ0) is 10.6. The Morgan fingerprint density at radius 3 is 2.93 bits per heavy atom. The number of carbonyl (C=O) groups is 1. The summed E-state index contributed by atoms with van der Waals surface area (Å²) >= 11 is 0. The van der Waals surface area contributed by atoms with Crippen LogP contribution in [0.4, 0.5) is 0 Å². The summed E-state index contributed by atoms with van der Waals surface area (Å²) in [5.41, 5.74) is 1.61. The lowest BCUT2D eigenvalue weighted by molar-refractivity contribution is 0.0594. The molecule has 0 aromatic carbocycles. The first-order chi connectivity index (χ1) is 7.20. The fraction of sp³-hybridized carbons (Fsp3) is 0.417. The van der Waals surface area contributed by atoms with Gasteiger partial charge in [0, 0.05) is 5.35 Å². The van der Waals surface area contributed by atoms with Crippen molar-refractivity contribution in [3.05, 3.63) is 21.8 Å². The molecule has 3 heteroatoms. The minimum absolute atomic E-state index is 0.280. The molecular weight excluding hydrogens is 190 g/mol. The zero-order valence-electron chi connectivity index (χ0n) is 8.83. The number of esters is 1. The van der Waals surface area contributed by atoms with Crippen LogP contribution < -0.4 is 10.6 Å². The van der Waals surface area contributed by atoms with Crippen molar-refractivity contribution in [1.82, 2.24) is 4.98 Å². The summed E-state index contributed by atoms with van der Waals surface area (Å²) in [6.45, 7) is 1.97. The van der Waals surface area contributed by atoms with Crippen LogP contribution >= 0.6 is 0 Å². The number of carbonyl (C=O) groups excluding carboxylic acids is 1. The van der Waals surface area contributed by atoms with Gasteiger partial charge in [0.15, 0.2) is 0 Å². The molecule has 2 atom stereocenters. The lowest BCUT2D eigenvalue weighted by Crippen LogP contribution is -2.26. The smallest absolute Gasteiger partial charge is 0.354 e. The molecule has 1 N–H and O–H groups in total. The van der Waals surface area contributed by atoms with Crippen molar-refractivity contribution in [3.63, 3.8) is 0 Å². The van der Waals surface area contributed by atoms with Crippen molar-refractivity contribution in [2.75, 3.05) is 7.11 Å². The van der Waals surface area contributed by atoms with Gasteiger partial charge < -0.3 is 9.72 Å². The molecule has 1 heterocycles. The number of methoxy groups -OCH3 is 1. The van der Waals surface area contributed by atoms with Crippen molar-refractivity contribution in [2.45, 2.75) is 13.3 Å². The first kappa shape index (κ1) is 8.77. The lowest BCUT2D eigenvalue weighted by Gasteiger charge is -1.96. The van der Waals surface area contributed by atoms with Gasteiger partial charge in [0.25, 0.3) is 0 Å². The van der Waals surface area contributed by atoms with E-state index in [4.69, 9.17) is 4.74 Å². The number of nitrogens with one attached hydrogen (secondary N) is 1. The zero-order valence-corrected chi connectivity index (χ0v) is 8.83. The molecule has 0 spiro atoms. The second-order valence-corrected chi connectivity index (χ2v) is 4.34. The molecule has 2 aliphatic carbocycles. The highest BCUT2D eigenvalue weighted by molar-refractivity contribution is 5.89. The molecule has 15 heavy (non-hydrogen) atoms. The Morgan fingerprint density at radius 1 is 1.47 bits per heavy atom. The molecule has 0 saturated heterocycles. The van der Waals surface area contributed by atoms with Crippen molar-refractivity contribution < 1.29 is 9.53 Å². The quantitative estimate of drug-likeness (QED) is 0.668. The molecule has 1 aromatic rings. The second-order valence-electron chi connectivity index (χ2n) is 4.34. The van der Waals surface area contributed by atoms with E-state index in [0.717, 1.165) is 10.9 Å². The van der Waals surface area contributed by atoms with Crippen LogP contribution in [0.25, 0.3) is 12.2 Å². The molecule has 2 unspecified atom stereocenters. The van der Waals surface area contributed by atoms with E-state index in [2.05, 4.69) is 17.1 Å². The Morgan fingerprint density at radius 2 is 2.20 bits per heavy atom. The van der Waals surface area contributed by atoms with E-state index >= 15 is 0 Å². The highest BCUT2D eigenvalue weighted by Gasteiger charge is 2.35. The number of fused-ring (bicyclic) bond motifs is 2. The summed E-state index contributed by atoms with van der Waals surface area (Å²) in [6.07, 6.45) is 5.77. The third-order valence-electron chi connectivity index (χ3n) is 3.37. The predicted molar refractivity (Wildman–Crippen MR) is 56.6 cm³/mol. The molecule has 1 fully saturated rings. The summed E-state index contributed by atoms with van der Waals surface area (Å²) in [5.74, 6) is 1.12. The Hall–Kier alpha value is -1.51. The van der Waals surface area contributed by atoms with Gasteiger partial charge in [-0.2, -0.15) is 0 Å². The molecule has 3 nitrogen and oxygen atoms in total. The van der Waals surface area contributed by atoms with Gasteiger partial charge in [0.05, 0.1) is 7.11 Å². The van der Waals surface area contributed by atoms with Gasteiger partial charge in [-0.1, -0.05) is 12.2 Å². The molecule has 0 radical (unpaired) electrons. The van der Waals surface area contributed by atoms with Crippen LogP contribution in [0, 0.1) is 18.8 Å². The fourth-order valence-electron chi connectivity index (χ4n) is 2.33. The Bertz CT molecular complexity index is 553. The monoisotopic (exact) mass is 203 g/mol.